The molecule has 1 heterocycles. The summed E-state index contributed by atoms with van der Waals surface area (Å²) in [6.07, 6.45) is 1.49. The first-order chi connectivity index (χ1) is 11.6. The molecule has 0 radical (unpaired) electrons. The first-order valence-electron chi connectivity index (χ1n) is 7.07. The van der Waals surface area contributed by atoms with Crippen LogP contribution in [-0.2, 0) is 0 Å². The van der Waals surface area contributed by atoms with Gasteiger partial charge in [0.05, 0.1) is 11.2 Å². The molecule has 0 saturated heterocycles. The van der Waals surface area contributed by atoms with Crippen molar-refractivity contribution in [3.63, 3.8) is 0 Å². The summed E-state index contributed by atoms with van der Waals surface area (Å²) in [4.78, 5) is 12.6. The molecule has 0 aliphatic carbocycles. The van der Waals surface area contributed by atoms with E-state index in [1.165, 1.54) is 10.9 Å². The summed E-state index contributed by atoms with van der Waals surface area (Å²) in [6, 6.07) is 14.2. The van der Waals surface area contributed by atoms with Crippen molar-refractivity contribution in [1.29, 1.82) is 0 Å². The van der Waals surface area contributed by atoms with Crippen LogP contribution in [0.2, 0.25) is 10.0 Å². The highest BCUT2D eigenvalue weighted by Crippen LogP contribution is 2.19. The fourth-order valence-electron chi connectivity index (χ4n) is 2.09. The number of rotatable bonds is 3. The minimum absolute atomic E-state index is 0.237. The monoisotopic (exact) mass is 358 g/mol. The highest BCUT2D eigenvalue weighted by atomic mass is 35.5. The number of hydrogen-bond donors (Lipinski definition) is 0. The van der Waals surface area contributed by atoms with Crippen LogP contribution in [0.4, 0.5) is 0 Å². The molecule has 0 fully saturated rings. The molecule has 24 heavy (non-hydrogen) atoms. The van der Waals surface area contributed by atoms with Crippen LogP contribution in [0.25, 0.3) is 11.3 Å². The molecule has 120 valence electrons. The molecule has 0 atom stereocenters. The van der Waals surface area contributed by atoms with Crippen molar-refractivity contribution in [1.82, 2.24) is 14.9 Å². The maximum absolute atomic E-state index is 12.6. The van der Waals surface area contributed by atoms with E-state index in [4.69, 9.17) is 23.2 Å². The predicted octanol–water partition coefficient (Wildman–Crippen LogP) is 3.80. The Bertz CT molecular complexity index is 968. The zero-order valence-corrected chi connectivity index (χ0v) is 14.2. The van der Waals surface area contributed by atoms with E-state index in [0.29, 0.717) is 27.0 Å². The van der Waals surface area contributed by atoms with E-state index in [9.17, 15) is 4.79 Å². The van der Waals surface area contributed by atoms with Crippen molar-refractivity contribution >= 4 is 29.4 Å². The Kier molecular flexibility index (Phi) is 4.74. The van der Waals surface area contributed by atoms with Crippen LogP contribution in [-0.4, -0.2) is 21.1 Å². The van der Waals surface area contributed by atoms with Crippen molar-refractivity contribution in [3.05, 3.63) is 80.3 Å². The van der Waals surface area contributed by atoms with Crippen LogP contribution in [0.1, 0.15) is 11.4 Å². The lowest BCUT2D eigenvalue weighted by molar-refractivity contribution is 0.717. The maximum atomic E-state index is 12.6. The topological polar surface area (TPSA) is 60.1 Å². The molecule has 5 nitrogen and oxygen atoms in total. The van der Waals surface area contributed by atoms with Gasteiger partial charge in [0.15, 0.2) is 11.5 Å². The molecule has 0 amide bonds. The first-order valence-corrected chi connectivity index (χ1v) is 7.83. The Balaban J connectivity index is 2.05. The highest BCUT2D eigenvalue weighted by Gasteiger charge is 2.10. The fourth-order valence-corrected chi connectivity index (χ4v) is 2.55. The molecular weight excluding hydrogens is 347 g/mol. The SMILES string of the molecule is Cc1nnc(-c2ccccc2)c(=O)n1N=Cc1ccc(Cl)cc1Cl. The van der Waals surface area contributed by atoms with Gasteiger partial charge in [0.25, 0.3) is 0 Å². The molecule has 0 N–H and O–H groups in total. The number of aromatic nitrogens is 3. The third kappa shape index (κ3) is 3.37. The van der Waals surface area contributed by atoms with Gasteiger partial charge in [0.1, 0.15) is 0 Å². The van der Waals surface area contributed by atoms with Crippen LogP contribution in [0.3, 0.4) is 0 Å². The van der Waals surface area contributed by atoms with Gasteiger partial charge in [-0.15, -0.1) is 10.2 Å². The molecule has 0 spiro atoms. The van der Waals surface area contributed by atoms with Gasteiger partial charge in [-0.1, -0.05) is 59.6 Å². The third-order valence-corrected chi connectivity index (χ3v) is 3.88. The van der Waals surface area contributed by atoms with Gasteiger partial charge < -0.3 is 0 Å². The molecule has 1 aromatic heterocycles. The molecule has 0 bridgehead atoms. The maximum Gasteiger partial charge on any atom is 0.301 e. The van der Waals surface area contributed by atoms with Crippen LogP contribution in [0.5, 0.6) is 0 Å². The molecule has 7 heteroatoms. The summed E-state index contributed by atoms with van der Waals surface area (Å²) in [6.45, 7) is 1.66. The van der Waals surface area contributed by atoms with Gasteiger partial charge in [-0.2, -0.15) is 9.78 Å². The highest BCUT2D eigenvalue weighted by molar-refractivity contribution is 6.36. The smallest absolute Gasteiger partial charge is 0.265 e. The van der Waals surface area contributed by atoms with Gasteiger partial charge in [0.2, 0.25) is 0 Å². The molecule has 0 aliphatic heterocycles. The molecule has 0 saturated carbocycles. The molecule has 3 rings (SSSR count). The van der Waals surface area contributed by atoms with Crippen molar-refractivity contribution in [2.24, 2.45) is 5.10 Å². The standard InChI is InChI=1S/C17H12Cl2N4O/c1-11-21-22-16(12-5-3-2-4-6-12)17(24)23(11)20-10-13-7-8-14(18)9-15(13)19/h2-10H,1H3. The van der Waals surface area contributed by atoms with Crippen LogP contribution < -0.4 is 5.56 Å². The molecule has 3 aromatic rings. The van der Waals surface area contributed by atoms with Crippen molar-refractivity contribution in [2.45, 2.75) is 6.92 Å². The minimum atomic E-state index is -0.352. The Labute approximate surface area is 148 Å². The largest absolute Gasteiger partial charge is 0.301 e. The minimum Gasteiger partial charge on any atom is -0.265 e. The van der Waals surface area contributed by atoms with Gasteiger partial charge in [-0.3, -0.25) is 4.79 Å². The Morgan fingerprint density at radius 3 is 2.54 bits per heavy atom. The summed E-state index contributed by atoms with van der Waals surface area (Å²) in [5.41, 5.74) is 1.21. The zero-order valence-electron chi connectivity index (χ0n) is 12.6. The molecule has 0 unspecified atom stereocenters. The molecule has 0 aliphatic rings. The van der Waals surface area contributed by atoms with E-state index < -0.39 is 0 Å². The zero-order chi connectivity index (χ0) is 17.1. The lowest BCUT2D eigenvalue weighted by Crippen LogP contribution is -2.24. The summed E-state index contributed by atoms with van der Waals surface area (Å²) in [7, 11) is 0. The normalized spacial score (nSPS) is 11.1. The van der Waals surface area contributed by atoms with E-state index in [1.807, 2.05) is 18.2 Å². The Morgan fingerprint density at radius 2 is 1.83 bits per heavy atom. The van der Waals surface area contributed by atoms with Gasteiger partial charge in [-0.25, -0.2) is 0 Å². The number of nitrogens with zero attached hydrogens (tertiary/aromatic N) is 4. The van der Waals surface area contributed by atoms with Crippen LogP contribution in [0.15, 0.2) is 58.4 Å². The fraction of sp³-hybridized carbons (Fsp3) is 0.0588. The van der Waals surface area contributed by atoms with E-state index in [0.717, 1.165) is 0 Å². The van der Waals surface area contributed by atoms with Crippen molar-refractivity contribution < 1.29 is 0 Å². The van der Waals surface area contributed by atoms with E-state index in [-0.39, 0.29) is 11.3 Å². The molecular formula is C17H12Cl2N4O. The summed E-state index contributed by atoms with van der Waals surface area (Å²) >= 11 is 12.0. The number of halogens is 2. The van der Waals surface area contributed by atoms with Gasteiger partial charge in [0, 0.05) is 16.1 Å². The second-order valence-corrected chi connectivity index (χ2v) is 5.83. The van der Waals surface area contributed by atoms with Gasteiger partial charge >= 0.3 is 5.56 Å². The average Bonchev–Trinajstić information content (AvgIpc) is 2.57. The third-order valence-electron chi connectivity index (χ3n) is 3.32. The Hall–Kier alpha value is -2.50. The average molecular weight is 359 g/mol. The quantitative estimate of drug-likeness (QED) is 0.669. The van der Waals surface area contributed by atoms with Crippen molar-refractivity contribution in [3.8, 4) is 11.3 Å². The first kappa shape index (κ1) is 16.4. The number of aryl methyl sites for hydroxylation is 1. The summed E-state index contributed by atoms with van der Waals surface area (Å²) in [5.74, 6) is 0.376. The summed E-state index contributed by atoms with van der Waals surface area (Å²) < 4.78 is 1.19. The lowest BCUT2D eigenvalue weighted by atomic mass is 10.2. The van der Waals surface area contributed by atoms with E-state index in [2.05, 4.69) is 15.3 Å². The Morgan fingerprint density at radius 1 is 1.08 bits per heavy atom. The summed E-state index contributed by atoms with van der Waals surface area (Å²) in [5, 5.41) is 13.2. The van der Waals surface area contributed by atoms with E-state index in [1.54, 1.807) is 37.3 Å². The number of benzene rings is 2. The molecule has 2 aromatic carbocycles. The number of hydrogen-bond acceptors (Lipinski definition) is 4. The van der Waals surface area contributed by atoms with E-state index >= 15 is 0 Å². The second kappa shape index (κ2) is 6.95. The van der Waals surface area contributed by atoms with Gasteiger partial charge in [-0.05, 0) is 19.1 Å². The van der Waals surface area contributed by atoms with Crippen LogP contribution >= 0.6 is 23.2 Å². The van der Waals surface area contributed by atoms with Crippen molar-refractivity contribution in [2.75, 3.05) is 0 Å². The second-order valence-electron chi connectivity index (χ2n) is 4.99. The lowest BCUT2D eigenvalue weighted by Gasteiger charge is -2.05. The van der Waals surface area contributed by atoms with Crippen LogP contribution in [0, 0.1) is 6.92 Å². The predicted molar refractivity (Wildman–Crippen MR) is 95.9 cm³/mol.